The molecule has 30 heavy (non-hydrogen) atoms. The van der Waals surface area contributed by atoms with Gasteiger partial charge in [-0.3, -0.25) is 4.90 Å². The van der Waals surface area contributed by atoms with Crippen LogP contribution in [0.4, 0.5) is 23.4 Å². The zero-order chi connectivity index (χ0) is 20.9. The number of nitrogens with zero attached hydrogens (tertiary/aromatic N) is 2. The number of aromatic amines is 1. The van der Waals surface area contributed by atoms with E-state index in [0.717, 1.165) is 11.6 Å². The highest BCUT2D eigenvalue weighted by Gasteiger charge is 2.39. The number of benzene rings is 1. The van der Waals surface area contributed by atoms with Crippen LogP contribution < -0.4 is 10.1 Å². The summed E-state index contributed by atoms with van der Waals surface area (Å²) in [6.07, 6.45) is -3.43. The van der Waals surface area contributed by atoms with E-state index in [1.54, 1.807) is 0 Å². The van der Waals surface area contributed by atoms with E-state index in [2.05, 4.69) is 15.3 Å². The van der Waals surface area contributed by atoms with Crippen molar-refractivity contribution >= 4 is 16.7 Å². The van der Waals surface area contributed by atoms with Gasteiger partial charge < -0.3 is 15.0 Å². The minimum atomic E-state index is -4.48. The van der Waals surface area contributed by atoms with Gasteiger partial charge in [-0.25, -0.2) is 9.37 Å². The molecule has 2 N–H and O–H groups in total. The van der Waals surface area contributed by atoms with Crippen LogP contribution in [0.3, 0.4) is 0 Å². The molecule has 3 aromatic rings. The van der Waals surface area contributed by atoms with Gasteiger partial charge in [-0.15, -0.1) is 0 Å². The fourth-order valence-corrected chi connectivity index (χ4v) is 4.35. The van der Waals surface area contributed by atoms with Crippen molar-refractivity contribution in [2.75, 3.05) is 25.0 Å². The lowest BCUT2D eigenvalue weighted by Crippen LogP contribution is -2.47. The molecule has 158 valence electrons. The molecule has 4 heterocycles. The summed E-state index contributed by atoms with van der Waals surface area (Å²) in [5.74, 6) is 1.06. The molecule has 0 bridgehead atoms. The first kappa shape index (κ1) is 19.2. The van der Waals surface area contributed by atoms with Gasteiger partial charge in [-0.2, -0.15) is 13.2 Å². The minimum Gasteiger partial charge on any atom is -0.491 e. The number of pyridine rings is 1. The average molecular weight is 420 g/mol. The Balaban J connectivity index is 1.54. The topological polar surface area (TPSA) is 53.2 Å². The molecule has 2 aliphatic rings. The molecule has 0 saturated carbocycles. The van der Waals surface area contributed by atoms with E-state index in [9.17, 15) is 17.6 Å². The summed E-state index contributed by atoms with van der Waals surface area (Å²) in [6, 6.07) is 9.63. The van der Waals surface area contributed by atoms with Gasteiger partial charge in [0.15, 0.2) is 0 Å². The first-order valence-electron chi connectivity index (χ1n) is 9.81. The van der Waals surface area contributed by atoms with Crippen molar-refractivity contribution in [2.24, 2.45) is 0 Å². The zero-order valence-electron chi connectivity index (χ0n) is 15.9. The number of nitrogens with one attached hydrogen (secondary N) is 2. The molecule has 1 fully saturated rings. The number of aromatic nitrogens is 2. The Morgan fingerprint density at radius 2 is 2.03 bits per heavy atom. The number of alkyl halides is 4. The van der Waals surface area contributed by atoms with Crippen LogP contribution in [-0.2, 0) is 6.18 Å². The summed E-state index contributed by atoms with van der Waals surface area (Å²) >= 11 is 0. The van der Waals surface area contributed by atoms with Crippen molar-refractivity contribution in [1.29, 1.82) is 0 Å². The highest BCUT2D eigenvalue weighted by Crippen LogP contribution is 2.39. The maximum absolute atomic E-state index is 13.9. The first-order chi connectivity index (χ1) is 14.4. The molecule has 2 aliphatic heterocycles. The smallest absolute Gasteiger partial charge is 0.431 e. The van der Waals surface area contributed by atoms with E-state index in [0.29, 0.717) is 48.6 Å². The third-order valence-electron chi connectivity index (χ3n) is 5.83. The predicted molar refractivity (Wildman–Crippen MR) is 104 cm³/mol. The van der Waals surface area contributed by atoms with Gasteiger partial charge in [0.1, 0.15) is 30.0 Å². The summed E-state index contributed by atoms with van der Waals surface area (Å²) in [6.45, 7) is 1.28. The van der Waals surface area contributed by atoms with Crippen LogP contribution in [0.15, 0.2) is 42.6 Å². The molecular formula is C21H20F4N4O. The number of fused-ring (bicyclic) bond motifs is 2. The van der Waals surface area contributed by atoms with E-state index in [-0.39, 0.29) is 12.1 Å². The Morgan fingerprint density at radius 1 is 1.20 bits per heavy atom. The van der Waals surface area contributed by atoms with E-state index in [1.807, 2.05) is 29.2 Å². The summed E-state index contributed by atoms with van der Waals surface area (Å²) in [7, 11) is 0. The Bertz CT molecular complexity index is 1070. The van der Waals surface area contributed by atoms with E-state index < -0.39 is 18.0 Å². The minimum absolute atomic E-state index is 0.168. The fourth-order valence-electron chi connectivity index (χ4n) is 4.35. The van der Waals surface area contributed by atoms with Gasteiger partial charge in [0, 0.05) is 30.2 Å². The van der Waals surface area contributed by atoms with Gasteiger partial charge >= 0.3 is 6.18 Å². The third kappa shape index (κ3) is 3.36. The second-order valence-corrected chi connectivity index (χ2v) is 7.72. The molecule has 0 radical (unpaired) electrons. The largest absolute Gasteiger partial charge is 0.491 e. The molecule has 0 spiro atoms. The van der Waals surface area contributed by atoms with Crippen LogP contribution in [0.1, 0.15) is 23.7 Å². The number of ether oxygens (including phenoxy) is 1. The number of likely N-dealkylation sites (tertiary alicyclic amines) is 1. The quantitative estimate of drug-likeness (QED) is 0.611. The van der Waals surface area contributed by atoms with E-state index in [1.165, 1.54) is 12.3 Å². The van der Waals surface area contributed by atoms with Crippen molar-refractivity contribution in [1.82, 2.24) is 14.9 Å². The Morgan fingerprint density at radius 3 is 2.80 bits per heavy atom. The van der Waals surface area contributed by atoms with Crippen LogP contribution in [0.25, 0.3) is 10.9 Å². The molecule has 5 nitrogen and oxygen atoms in total. The number of hydrogen-bond acceptors (Lipinski definition) is 4. The maximum atomic E-state index is 13.9. The normalized spacial score (nSPS) is 24.6. The number of anilines is 1. The van der Waals surface area contributed by atoms with Crippen molar-refractivity contribution in [2.45, 2.75) is 30.9 Å². The molecule has 0 amide bonds. The maximum Gasteiger partial charge on any atom is 0.431 e. The fraction of sp³-hybridized carbons (Fsp3) is 0.381. The SMILES string of the molecule is F[C@H]1CCN([C@H]2COc3ccccc3[C@@H]2Nc2nccc3[nH]c(C(F)(F)F)cc23)C1. The summed E-state index contributed by atoms with van der Waals surface area (Å²) < 4.78 is 59.3. The zero-order valence-corrected chi connectivity index (χ0v) is 15.9. The number of para-hydroxylation sites is 1. The lowest BCUT2D eigenvalue weighted by Gasteiger charge is -2.39. The Hall–Kier alpha value is -2.81. The molecule has 0 unspecified atom stereocenters. The third-order valence-corrected chi connectivity index (χ3v) is 5.83. The molecule has 5 rings (SSSR count). The molecule has 0 aliphatic carbocycles. The van der Waals surface area contributed by atoms with E-state index in [4.69, 9.17) is 4.74 Å². The lowest BCUT2D eigenvalue weighted by molar-refractivity contribution is -0.140. The molecule has 1 aromatic carbocycles. The van der Waals surface area contributed by atoms with Crippen molar-refractivity contribution < 1.29 is 22.3 Å². The molecule has 9 heteroatoms. The van der Waals surface area contributed by atoms with Crippen LogP contribution in [0, 0.1) is 0 Å². The van der Waals surface area contributed by atoms with Crippen LogP contribution >= 0.6 is 0 Å². The monoisotopic (exact) mass is 420 g/mol. The second kappa shape index (κ2) is 7.16. The van der Waals surface area contributed by atoms with Crippen molar-refractivity contribution in [3.05, 3.63) is 53.9 Å². The van der Waals surface area contributed by atoms with Crippen molar-refractivity contribution in [3.8, 4) is 5.75 Å². The predicted octanol–water partition coefficient (Wildman–Crippen LogP) is 4.54. The average Bonchev–Trinajstić information content (AvgIpc) is 3.35. The second-order valence-electron chi connectivity index (χ2n) is 7.72. The van der Waals surface area contributed by atoms with Crippen LogP contribution in [-0.4, -0.2) is 46.8 Å². The summed E-state index contributed by atoms with van der Waals surface area (Å²) in [5.41, 5.74) is 0.403. The molecular weight excluding hydrogens is 400 g/mol. The summed E-state index contributed by atoms with van der Waals surface area (Å²) in [5, 5.41) is 3.70. The van der Waals surface area contributed by atoms with Gasteiger partial charge in [0.2, 0.25) is 0 Å². The van der Waals surface area contributed by atoms with Gasteiger partial charge in [-0.05, 0) is 24.6 Å². The van der Waals surface area contributed by atoms with Crippen LogP contribution in [0.2, 0.25) is 0 Å². The number of hydrogen-bond donors (Lipinski definition) is 2. The Kier molecular flexibility index (Phi) is 4.57. The van der Waals surface area contributed by atoms with Crippen LogP contribution in [0.5, 0.6) is 5.75 Å². The lowest BCUT2D eigenvalue weighted by atomic mass is 9.95. The molecule has 2 aromatic heterocycles. The van der Waals surface area contributed by atoms with Crippen molar-refractivity contribution in [3.63, 3.8) is 0 Å². The standard InChI is InChI=1S/C21H20F4N4O/c22-12-6-8-29(10-12)16-11-30-17-4-2-1-3-13(17)19(16)28-20-14-9-18(21(23,24)25)27-15(14)5-7-26-20/h1-5,7,9,12,16,19,27H,6,8,10-11H2,(H,26,28)/t12-,16-,19-/m0/s1. The molecule has 3 atom stereocenters. The van der Waals surface area contributed by atoms with E-state index >= 15 is 0 Å². The summed E-state index contributed by atoms with van der Waals surface area (Å²) in [4.78, 5) is 8.77. The molecule has 1 saturated heterocycles. The van der Waals surface area contributed by atoms with Gasteiger partial charge in [0.25, 0.3) is 0 Å². The number of H-pyrrole nitrogens is 1. The number of rotatable bonds is 3. The highest BCUT2D eigenvalue weighted by molar-refractivity contribution is 5.90. The van der Waals surface area contributed by atoms with Gasteiger partial charge in [-0.1, -0.05) is 18.2 Å². The Labute approximate surface area is 170 Å². The number of halogens is 4. The first-order valence-corrected chi connectivity index (χ1v) is 9.81. The highest BCUT2D eigenvalue weighted by atomic mass is 19.4. The van der Waals surface area contributed by atoms with Gasteiger partial charge in [0.05, 0.1) is 17.6 Å².